The molecule has 0 bridgehead atoms. The number of ketones is 1. The Kier molecular flexibility index (Phi) is 2.68. The molecule has 100 valence electrons. The van der Waals surface area contributed by atoms with Crippen LogP contribution in [0.2, 0.25) is 0 Å². The van der Waals surface area contributed by atoms with Crippen LogP contribution in [0.4, 0.5) is 4.39 Å². The van der Waals surface area contributed by atoms with Gasteiger partial charge in [0.25, 0.3) is 0 Å². The minimum absolute atomic E-state index is 0.106. The molecule has 3 rings (SSSR count). The van der Waals surface area contributed by atoms with Crippen LogP contribution in [0.25, 0.3) is 6.08 Å². The Hall–Kier alpha value is -2.82. The van der Waals surface area contributed by atoms with Gasteiger partial charge >= 0.3 is 0 Å². The van der Waals surface area contributed by atoms with Gasteiger partial charge in [-0.3, -0.25) is 4.79 Å². The Morgan fingerprint density at radius 2 is 1.85 bits per heavy atom. The van der Waals surface area contributed by atoms with Gasteiger partial charge in [0.1, 0.15) is 5.82 Å². The maximum absolute atomic E-state index is 13.5. The smallest absolute Gasteiger partial charge is 0.232 e. The molecular formula is C15H9FO4. The van der Waals surface area contributed by atoms with Crippen LogP contribution in [0.1, 0.15) is 15.9 Å². The fraction of sp³-hybridized carbons (Fsp3) is 0. The molecule has 0 atom stereocenters. The third kappa shape index (κ3) is 1.80. The van der Waals surface area contributed by atoms with Crippen molar-refractivity contribution in [2.75, 3.05) is 0 Å². The molecule has 0 saturated heterocycles. The summed E-state index contributed by atoms with van der Waals surface area (Å²) in [5.74, 6) is -2.07. The molecule has 0 unspecified atom stereocenters. The van der Waals surface area contributed by atoms with Crippen molar-refractivity contribution in [3.8, 4) is 17.2 Å². The predicted molar refractivity (Wildman–Crippen MR) is 69.1 cm³/mol. The SMILES string of the molecule is O=C1/C(=C/c2ccccc2F)Oc2c1ccc(O)c2O. The molecule has 0 radical (unpaired) electrons. The summed E-state index contributed by atoms with van der Waals surface area (Å²) >= 11 is 0. The van der Waals surface area contributed by atoms with Gasteiger partial charge in [-0.15, -0.1) is 0 Å². The number of phenolic OH excluding ortho intramolecular Hbond substituents is 2. The molecule has 1 aliphatic heterocycles. The van der Waals surface area contributed by atoms with E-state index in [-0.39, 0.29) is 28.4 Å². The zero-order valence-electron chi connectivity index (χ0n) is 10.1. The first-order valence-corrected chi connectivity index (χ1v) is 5.81. The molecular weight excluding hydrogens is 263 g/mol. The van der Waals surface area contributed by atoms with Crippen LogP contribution in [0, 0.1) is 5.82 Å². The van der Waals surface area contributed by atoms with Gasteiger partial charge in [-0.25, -0.2) is 4.39 Å². The predicted octanol–water partition coefficient (Wildman–Crippen LogP) is 2.85. The van der Waals surface area contributed by atoms with Crippen molar-refractivity contribution in [2.24, 2.45) is 0 Å². The molecule has 0 aliphatic carbocycles. The van der Waals surface area contributed by atoms with Crippen LogP contribution in [0.3, 0.4) is 0 Å². The molecule has 0 fully saturated rings. The number of rotatable bonds is 1. The number of aromatic hydroxyl groups is 2. The highest BCUT2D eigenvalue weighted by atomic mass is 19.1. The number of halogens is 1. The van der Waals surface area contributed by atoms with Crippen molar-refractivity contribution in [1.82, 2.24) is 0 Å². The molecule has 1 heterocycles. The van der Waals surface area contributed by atoms with Crippen molar-refractivity contribution >= 4 is 11.9 Å². The van der Waals surface area contributed by atoms with Gasteiger partial charge < -0.3 is 14.9 Å². The molecule has 20 heavy (non-hydrogen) atoms. The molecule has 2 aromatic rings. The van der Waals surface area contributed by atoms with E-state index in [1.54, 1.807) is 6.07 Å². The molecule has 0 amide bonds. The lowest BCUT2D eigenvalue weighted by molar-refractivity contribution is 0.101. The van der Waals surface area contributed by atoms with E-state index in [0.29, 0.717) is 0 Å². The van der Waals surface area contributed by atoms with Crippen molar-refractivity contribution in [2.45, 2.75) is 0 Å². The lowest BCUT2D eigenvalue weighted by atomic mass is 10.1. The van der Waals surface area contributed by atoms with E-state index in [4.69, 9.17) is 4.74 Å². The highest BCUT2D eigenvalue weighted by Gasteiger charge is 2.31. The van der Waals surface area contributed by atoms with Gasteiger partial charge in [-0.1, -0.05) is 18.2 Å². The minimum atomic E-state index is -0.507. The van der Waals surface area contributed by atoms with Gasteiger partial charge in [0.15, 0.2) is 17.3 Å². The first-order valence-electron chi connectivity index (χ1n) is 5.81. The molecule has 1 aliphatic rings. The quantitative estimate of drug-likeness (QED) is 0.618. The molecule has 5 heteroatoms. The number of hydrogen-bond acceptors (Lipinski definition) is 4. The monoisotopic (exact) mass is 272 g/mol. The molecule has 0 saturated carbocycles. The number of ether oxygens (including phenoxy) is 1. The van der Waals surface area contributed by atoms with Crippen molar-refractivity contribution in [3.05, 3.63) is 59.1 Å². The van der Waals surface area contributed by atoms with Crippen LogP contribution in [0.5, 0.6) is 17.2 Å². The second kappa shape index (κ2) is 4.38. The molecule has 2 N–H and O–H groups in total. The number of benzene rings is 2. The van der Waals surface area contributed by atoms with Gasteiger partial charge in [-0.2, -0.15) is 0 Å². The summed E-state index contributed by atoms with van der Waals surface area (Å²) in [6.07, 6.45) is 1.26. The summed E-state index contributed by atoms with van der Waals surface area (Å²) in [7, 11) is 0. The Bertz CT molecular complexity index is 750. The Labute approximate surface area is 113 Å². The van der Waals surface area contributed by atoms with E-state index in [2.05, 4.69) is 0 Å². The maximum Gasteiger partial charge on any atom is 0.232 e. The largest absolute Gasteiger partial charge is 0.504 e. The third-order valence-corrected chi connectivity index (χ3v) is 2.98. The van der Waals surface area contributed by atoms with Crippen LogP contribution >= 0.6 is 0 Å². The molecule has 0 aromatic heterocycles. The standard InChI is InChI=1S/C15H9FO4/c16-10-4-2-1-3-8(10)7-12-13(18)9-5-6-11(17)14(19)15(9)20-12/h1-7,17,19H/b12-7-. The Morgan fingerprint density at radius 3 is 2.60 bits per heavy atom. The first-order chi connectivity index (χ1) is 9.58. The fourth-order valence-corrected chi connectivity index (χ4v) is 1.96. The summed E-state index contributed by atoms with van der Waals surface area (Å²) < 4.78 is 18.8. The van der Waals surface area contributed by atoms with Gasteiger partial charge in [-0.05, 0) is 24.3 Å². The summed E-state index contributed by atoms with van der Waals surface area (Å²) in [6.45, 7) is 0. The topological polar surface area (TPSA) is 66.8 Å². The Morgan fingerprint density at radius 1 is 1.10 bits per heavy atom. The van der Waals surface area contributed by atoms with E-state index in [9.17, 15) is 19.4 Å². The lowest BCUT2D eigenvalue weighted by Gasteiger charge is -2.02. The number of allylic oxidation sites excluding steroid dienone is 1. The summed E-state index contributed by atoms with van der Waals surface area (Å²) in [5, 5.41) is 19.0. The van der Waals surface area contributed by atoms with Crippen molar-refractivity contribution in [1.29, 1.82) is 0 Å². The molecule has 2 aromatic carbocycles. The maximum atomic E-state index is 13.5. The number of fused-ring (bicyclic) bond motifs is 1. The zero-order chi connectivity index (χ0) is 14.3. The van der Waals surface area contributed by atoms with E-state index in [0.717, 1.165) is 0 Å². The van der Waals surface area contributed by atoms with Crippen molar-refractivity contribution in [3.63, 3.8) is 0 Å². The second-order valence-corrected chi connectivity index (χ2v) is 4.27. The zero-order valence-corrected chi connectivity index (χ0v) is 10.1. The average molecular weight is 272 g/mol. The lowest BCUT2D eigenvalue weighted by Crippen LogP contribution is -1.98. The van der Waals surface area contributed by atoms with E-state index < -0.39 is 17.3 Å². The highest BCUT2D eigenvalue weighted by molar-refractivity contribution is 6.15. The third-order valence-electron chi connectivity index (χ3n) is 2.98. The van der Waals surface area contributed by atoms with Gasteiger partial charge in [0.05, 0.1) is 5.56 Å². The van der Waals surface area contributed by atoms with Gasteiger partial charge in [0, 0.05) is 5.56 Å². The van der Waals surface area contributed by atoms with E-state index in [1.165, 1.54) is 36.4 Å². The number of hydrogen-bond donors (Lipinski definition) is 2. The Balaban J connectivity index is 2.07. The van der Waals surface area contributed by atoms with Crippen LogP contribution in [-0.2, 0) is 0 Å². The fourth-order valence-electron chi connectivity index (χ4n) is 1.96. The highest BCUT2D eigenvalue weighted by Crippen LogP contribution is 2.44. The molecule has 4 nitrogen and oxygen atoms in total. The summed E-state index contributed by atoms with van der Waals surface area (Å²) in [4.78, 5) is 12.1. The van der Waals surface area contributed by atoms with E-state index >= 15 is 0 Å². The van der Waals surface area contributed by atoms with E-state index in [1.807, 2.05) is 0 Å². The van der Waals surface area contributed by atoms with Crippen LogP contribution < -0.4 is 4.74 Å². The number of carbonyl (C=O) groups is 1. The normalized spacial score (nSPS) is 15.2. The minimum Gasteiger partial charge on any atom is -0.504 e. The molecule has 0 spiro atoms. The van der Waals surface area contributed by atoms with Crippen molar-refractivity contribution < 1.29 is 24.1 Å². The number of phenols is 2. The number of Topliss-reactive ketones (excluding diaryl/α,β-unsaturated/α-hetero) is 1. The first kappa shape index (κ1) is 12.2. The number of carbonyl (C=O) groups excluding carboxylic acids is 1. The average Bonchev–Trinajstić information content (AvgIpc) is 2.75. The van der Waals surface area contributed by atoms with Crippen LogP contribution in [-0.4, -0.2) is 16.0 Å². The van der Waals surface area contributed by atoms with Crippen LogP contribution in [0.15, 0.2) is 42.2 Å². The summed E-state index contributed by atoms with van der Waals surface area (Å²) in [5.41, 5.74) is 0.329. The summed E-state index contributed by atoms with van der Waals surface area (Å²) in [6, 6.07) is 8.47. The second-order valence-electron chi connectivity index (χ2n) is 4.27. The van der Waals surface area contributed by atoms with Gasteiger partial charge in [0.2, 0.25) is 11.5 Å².